The Morgan fingerprint density at radius 1 is 1.47 bits per heavy atom. The van der Waals surface area contributed by atoms with Gasteiger partial charge in [0, 0.05) is 0 Å². The van der Waals surface area contributed by atoms with Gasteiger partial charge >= 0.3 is 0 Å². The zero-order chi connectivity index (χ0) is 11.1. The number of benzene rings is 1. The average molecular weight is 209 g/mol. The van der Waals surface area contributed by atoms with E-state index in [9.17, 15) is 4.39 Å². The Bertz CT molecular complexity index is 336. The number of halogens is 1. The third-order valence-corrected chi connectivity index (χ3v) is 2.08. The molecule has 1 aromatic carbocycles. The van der Waals surface area contributed by atoms with Gasteiger partial charge in [0.05, 0.1) is 12.7 Å². The van der Waals surface area contributed by atoms with Crippen LogP contribution in [0.1, 0.15) is 12.0 Å². The fraction of sp³-hybridized carbons (Fsp3) is 0.333. The van der Waals surface area contributed by atoms with Gasteiger partial charge in [0.15, 0.2) is 0 Å². The molecule has 3 heteroatoms. The van der Waals surface area contributed by atoms with Gasteiger partial charge < -0.3 is 10.1 Å². The number of methoxy groups -OCH3 is 1. The Morgan fingerprint density at radius 2 is 2.27 bits per heavy atom. The van der Waals surface area contributed by atoms with Crippen molar-refractivity contribution in [3.05, 3.63) is 35.7 Å². The second-order valence-electron chi connectivity index (χ2n) is 3.15. The van der Waals surface area contributed by atoms with Crippen molar-refractivity contribution in [2.75, 3.05) is 20.7 Å². The van der Waals surface area contributed by atoms with Crippen LogP contribution in [0.5, 0.6) is 5.75 Å². The van der Waals surface area contributed by atoms with E-state index >= 15 is 0 Å². The lowest BCUT2D eigenvalue weighted by atomic mass is 10.1. The molecular weight excluding hydrogens is 193 g/mol. The summed E-state index contributed by atoms with van der Waals surface area (Å²) >= 11 is 0. The zero-order valence-corrected chi connectivity index (χ0v) is 9.09. The van der Waals surface area contributed by atoms with Crippen molar-refractivity contribution in [2.45, 2.75) is 6.42 Å². The smallest absolute Gasteiger partial charge is 0.134 e. The first-order chi connectivity index (χ1) is 7.29. The first-order valence-electron chi connectivity index (χ1n) is 4.93. The topological polar surface area (TPSA) is 21.3 Å². The molecule has 0 radical (unpaired) electrons. The van der Waals surface area contributed by atoms with Crippen LogP contribution in [0.4, 0.5) is 4.39 Å². The van der Waals surface area contributed by atoms with E-state index in [1.807, 2.05) is 13.1 Å². The number of hydrogen-bond donors (Lipinski definition) is 1. The monoisotopic (exact) mass is 209 g/mol. The summed E-state index contributed by atoms with van der Waals surface area (Å²) in [6, 6.07) is 4.82. The molecule has 0 atom stereocenters. The normalized spacial score (nSPS) is 10.9. The highest BCUT2D eigenvalue weighted by molar-refractivity contribution is 5.57. The van der Waals surface area contributed by atoms with E-state index < -0.39 is 0 Å². The maximum Gasteiger partial charge on any atom is 0.134 e. The van der Waals surface area contributed by atoms with Crippen LogP contribution < -0.4 is 10.1 Å². The summed E-state index contributed by atoms with van der Waals surface area (Å²) in [6.07, 6.45) is 4.55. The molecule has 15 heavy (non-hydrogen) atoms. The molecule has 0 unspecified atom stereocenters. The maximum absolute atomic E-state index is 13.4. The molecule has 0 amide bonds. The van der Waals surface area contributed by atoms with Gasteiger partial charge in [-0.25, -0.2) is 4.39 Å². The summed E-state index contributed by atoms with van der Waals surface area (Å²) in [5.74, 6) is 0.311. The number of nitrogens with one attached hydrogen (secondary N) is 1. The Balaban J connectivity index is 2.78. The van der Waals surface area contributed by atoms with E-state index in [1.165, 1.54) is 6.07 Å². The Kier molecular flexibility index (Phi) is 4.84. The highest BCUT2D eigenvalue weighted by Gasteiger charge is 2.04. The molecule has 1 aromatic rings. The third-order valence-electron chi connectivity index (χ3n) is 2.08. The average Bonchev–Trinajstić information content (AvgIpc) is 2.26. The van der Waals surface area contributed by atoms with Crippen molar-refractivity contribution < 1.29 is 9.13 Å². The van der Waals surface area contributed by atoms with Crippen LogP contribution in [0.25, 0.3) is 6.08 Å². The Morgan fingerprint density at radius 3 is 2.93 bits per heavy atom. The molecule has 0 saturated carbocycles. The highest BCUT2D eigenvalue weighted by Crippen LogP contribution is 2.22. The molecular formula is C12H16FNO. The molecule has 0 spiro atoms. The van der Waals surface area contributed by atoms with Crippen molar-refractivity contribution in [1.82, 2.24) is 5.32 Å². The minimum absolute atomic E-state index is 0.255. The highest BCUT2D eigenvalue weighted by atomic mass is 19.1. The summed E-state index contributed by atoms with van der Waals surface area (Å²) in [4.78, 5) is 0. The Hall–Kier alpha value is -1.35. The molecule has 1 N–H and O–H groups in total. The van der Waals surface area contributed by atoms with Crippen LogP contribution in [-0.2, 0) is 0 Å². The van der Waals surface area contributed by atoms with Crippen LogP contribution in [0.3, 0.4) is 0 Å². The second-order valence-corrected chi connectivity index (χ2v) is 3.15. The van der Waals surface area contributed by atoms with Gasteiger partial charge in [-0.3, -0.25) is 0 Å². The minimum Gasteiger partial charge on any atom is -0.496 e. The first kappa shape index (κ1) is 11.7. The lowest BCUT2D eigenvalue weighted by molar-refractivity contribution is 0.410. The molecule has 0 aliphatic heterocycles. The molecule has 0 fully saturated rings. The van der Waals surface area contributed by atoms with E-state index in [0.29, 0.717) is 11.3 Å². The molecule has 0 bridgehead atoms. The van der Waals surface area contributed by atoms with E-state index in [4.69, 9.17) is 4.74 Å². The third kappa shape index (κ3) is 3.36. The molecule has 0 aliphatic rings. The predicted molar refractivity (Wildman–Crippen MR) is 60.5 cm³/mol. The van der Waals surface area contributed by atoms with Crippen LogP contribution in [-0.4, -0.2) is 20.7 Å². The van der Waals surface area contributed by atoms with Crippen LogP contribution in [0.2, 0.25) is 0 Å². The number of ether oxygens (including phenoxy) is 1. The van der Waals surface area contributed by atoms with Crippen LogP contribution in [0, 0.1) is 5.82 Å². The van der Waals surface area contributed by atoms with Gasteiger partial charge in [-0.15, -0.1) is 0 Å². The first-order valence-corrected chi connectivity index (χ1v) is 4.93. The van der Waals surface area contributed by atoms with Gasteiger partial charge in [0.25, 0.3) is 0 Å². The minimum atomic E-state index is -0.255. The quantitative estimate of drug-likeness (QED) is 0.752. The van der Waals surface area contributed by atoms with E-state index in [-0.39, 0.29) is 5.82 Å². The second kappa shape index (κ2) is 6.19. The van der Waals surface area contributed by atoms with Gasteiger partial charge in [0.2, 0.25) is 0 Å². The zero-order valence-electron chi connectivity index (χ0n) is 9.09. The summed E-state index contributed by atoms with van der Waals surface area (Å²) in [5.41, 5.74) is 0.510. The summed E-state index contributed by atoms with van der Waals surface area (Å²) in [5, 5.41) is 3.02. The van der Waals surface area contributed by atoms with Gasteiger partial charge in [-0.2, -0.15) is 0 Å². The van der Waals surface area contributed by atoms with Gasteiger partial charge in [0.1, 0.15) is 11.6 Å². The fourth-order valence-corrected chi connectivity index (χ4v) is 1.29. The lowest BCUT2D eigenvalue weighted by Crippen LogP contribution is -2.05. The molecule has 0 aliphatic carbocycles. The van der Waals surface area contributed by atoms with Crippen LogP contribution in [0.15, 0.2) is 24.3 Å². The summed E-state index contributed by atoms with van der Waals surface area (Å²) in [6.45, 7) is 0.882. The maximum atomic E-state index is 13.4. The largest absolute Gasteiger partial charge is 0.496 e. The molecule has 1 rings (SSSR count). The summed E-state index contributed by atoms with van der Waals surface area (Å²) < 4.78 is 18.5. The standard InChI is InChI=1S/C12H16FNO/c1-14-9-4-3-6-10-11(13)7-5-8-12(10)15-2/h3,5-8,14H,4,9H2,1-2H3. The van der Waals surface area contributed by atoms with Crippen molar-refractivity contribution in [2.24, 2.45) is 0 Å². The van der Waals surface area contributed by atoms with E-state index in [1.54, 1.807) is 25.3 Å². The number of hydrogen-bond acceptors (Lipinski definition) is 2. The van der Waals surface area contributed by atoms with E-state index in [0.717, 1.165) is 13.0 Å². The van der Waals surface area contributed by atoms with E-state index in [2.05, 4.69) is 5.32 Å². The molecule has 0 saturated heterocycles. The van der Waals surface area contributed by atoms with Gasteiger partial charge in [-0.1, -0.05) is 18.2 Å². The molecule has 2 nitrogen and oxygen atoms in total. The molecule has 0 heterocycles. The lowest BCUT2D eigenvalue weighted by Gasteiger charge is -2.04. The Labute approximate surface area is 89.8 Å². The molecule has 82 valence electrons. The van der Waals surface area contributed by atoms with Crippen molar-refractivity contribution in [3.63, 3.8) is 0 Å². The predicted octanol–water partition coefficient (Wildman–Crippen LogP) is 2.46. The van der Waals surface area contributed by atoms with Crippen molar-refractivity contribution in [3.8, 4) is 5.75 Å². The van der Waals surface area contributed by atoms with Crippen molar-refractivity contribution in [1.29, 1.82) is 0 Å². The fourth-order valence-electron chi connectivity index (χ4n) is 1.29. The number of rotatable bonds is 5. The van der Waals surface area contributed by atoms with Crippen LogP contribution >= 0.6 is 0 Å². The van der Waals surface area contributed by atoms with Crippen molar-refractivity contribution >= 4 is 6.08 Å². The molecule has 0 aromatic heterocycles. The SMILES string of the molecule is CNCCC=Cc1c(F)cccc1OC. The summed E-state index contributed by atoms with van der Waals surface area (Å²) in [7, 11) is 3.43. The van der Waals surface area contributed by atoms with Gasteiger partial charge in [-0.05, 0) is 32.1 Å².